The molecule has 210 valence electrons. The molecule has 3 heterocycles. The zero-order valence-corrected chi connectivity index (χ0v) is 22.6. The van der Waals surface area contributed by atoms with Gasteiger partial charge in [0.15, 0.2) is 11.6 Å². The summed E-state index contributed by atoms with van der Waals surface area (Å²) in [6.07, 6.45) is 4.64. The van der Waals surface area contributed by atoms with E-state index in [9.17, 15) is 18.0 Å². The van der Waals surface area contributed by atoms with Gasteiger partial charge in [0, 0.05) is 48.5 Å². The minimum atomic E-state index is -1.29. The number of rotatable bonds is 8. The van der Waals surface area contributed by atoms with Crippen molar-refractivity contribution in [2.24, 2.45) is 7.05 Å². The van der Waals surface area contributed by atoms with E-state index in [1.54, 1.807) is 45.9 Å². The Morgan fingerprint density at radius 3 is 2.51 bits per heavy atom. The molecule has 0 aliphatic carbocycles. The van der Waals surface area contributed by atoms with Crippen LogP contribution in [0.25, 0.3) is 5.82 Å². The van der Waals surface area contributed by atoms with E-state index in [0.29, 0.717) is 35.0 Å². The first-order valence-electron chi connectivity index (χ1n) is 12.6. The Hall–Kier alpha value is -5.20. The van der Waals surface area contributed by atoms with Crippen LogP contribution in [0.3, 0.4) is 0 Å². The second kappa shape index (κ2) is 11.1. The molecule has 0 aliphatic heterocycles. The highest BCUT2D eigenvalue weighted by Gasteiger charge is 2.22. The molecule has 5 rings (SSSR count). The summed E-state index contributed by atoms with van der Waals surface area (Å²) < 4.78 is 46.1. The molecule has 3 aromatic heterocycles. The summed E-state index contributed by atoms with van der Waals surface area (Å²) in [5.74, 6) is -2.30. The van der Waals surface area contributed by atoms with Crippen molar-refractivity contribution in [1.82, 2.24) is 29.3 Å². The predicted molar refractivity (Wildman–Crippen MR) is 148 cm³/mol. The van der Waals surface area contributed by atoms with Gasteiger partial charge in [-0.1, -0.05) is 13.0 Å². The number of carbonyl (C=O) groups is 1. The third-order valence-corrected chi connectivity index (χ3v) is 6.39. The third kappa shape index (κ3) is 5.60. The van der Waals surface area contributed by atoms with Crippen molar-refractivity contribution in [1.29, 1.82) is 0 Å². The molecule has 0 saturated heterocycles. The number of amides is 1. The Balaban J connectivity index is 1.38. The summed E-state index contributed by atoms with van der Waals surface area (Å²) in [6, 6.07) is 9.19. The quantitative estimate of drug-likeness (QED) is 0.207. The lowest BCUT2D eigenvalue weighted by atomic mass is 10.1. The molecule has 3 N–H and O–H groups in total. The van der Waals surface area contributed by atoms with Crippen LogP contribution in [0.2, 0.25) is 0 Å². The molecule has 2 aromatic carbocycles. The third-order valence-electron chi connectivity index (χ3n) is 6.39. The Morgan fingerprint density at radius 2 is 1.78 bits per heavy atom. The van der Waals surface area contributed by atoms with Gasteiger partial charge in [-0.15, -0.1) is 0 Å². The van der Waals surface area contributed by atoms with E-state index in [0.717, 1.165) is 17.1 Å². The molecule has 0 fully saturated rings. The minimum Gasteiger partial charge on any atom is -0.325 e. The highest BCUT2D eigenvalue weighted by molar-refractivity contribution is 6.05. The predicted octanol–water partition coefficient (Wildman–Crippen LogP) is 5.73. The van der Waals surface area contributed by atoms with Crippen molar-refractivity contribution in [2.75, 3.05) is 16.0 Å². The van der Waals surface area contributed by atoms with Gasteiger partial charge >= 0.3 is 0 Å². The summed E-state index contributed by atoms with van der Waals surface area (Å²) in [6.45, 7) is 5.22. The normalized spacial score (nSPS) is 11.0. The topological polar surface area (TPSA) is 115 Å². The first-order chi connectivity index (χ1) is 19.6. The van der Waals surface area contributed by atoms with Gasteiger partial charge in [0.05, 0.1) is 11.3 Å². The van der Waals surface area contributed by atoms with Gasteiger partial charge in [-0.25, -0.2) is 28.1 Å². The Labute approximate surface area is 233 Å². The average Bonchev–Trinajstić information content (AvgIpc) is 3.53. The highest BCUT2D eigenvalue weighted by Crippen LogP contribution is 2.27. The number of nitrogens with one attached hydrogen (secondary N) is 3. The molecule has 13 heteroatoms. The first-order valence-corrected chi connectivity index (χ1v) is 12.6. The Kier molecular flexibility index (Phi) is 7.42. The van der Waals surface area contributed by atoms with Crippen LogP contribution in [0.5, 0.6) is 0 Å². The monoisotopic (exact) mass is 561 g/mol. The molecule has 0 aliphatic rings. The number of halogens is 3. The maximum atomic E-state index is 14.7. The first kappa shape index (κ1) is 27.4. The van der Waals surface area contributed by atoms with Gasteiger partial charge in [0.25, 0.3) is 5.91 Å². The van der Waals surface area contributed by atoms with Crippen LogP contribution in [-0.2, 0) is 13.5 Å². The molecule has 0 bridgehead atoms. The summed E-state index contributed by atoms with van der Waals surface area (Å²) >= 11 is 0. The number of aryl methyl sites for hydroxylation is 3. The number of imidazole rings is 1. The summed E-state index contributed by atoms with van der Waals surface area (Å²) in [5.41, 5.74) is 1.52. The molecule has 1 amide bonds. The van der Waals surface area contributed by atoms with Crippen molar-refractivity contribution in [2.45, 2.75) is 27.2 Å². The molecule has 0 unspecified atom stereocenters. The lowest BCUT2D eigenvalue weighted by molar-refractivity contribution is 0.102. The number of benzene rings is 2. The van der Waals surface area contributed by atoms with Crippen LogP contribution >= 0.6 is 0 Å². The number of aromatic nitrogens is 6. The molecular weight excluding hydrogens is 535 g/mol. The van der Waals surface area contributed by atoms with Crippen LogP contribution in [0.15, 0.2) is 55.1 Å². The van der Waals surface area contributed by atoms with Crippen molar-refractivity contribution in [3.8, 4) is 5.82 Å². The second-order valence-corrected chi connectivity index (χ2v) is 9.28. The SMILES string of the molecule is CCc1c(F)c(F)cc(C(=O)Nc2ccc(C)c(Nc3nccn3-c3cc(Nc4cc(C)nn4C)ncn3)c2)c1F. The maximum Gasteiger partial charge on any atom is 0.258 e. The number of nitrogens with zero attached hydrogens (tertiary/aromatic N) is 6. The van der Waals surface area contributed by atoms with Crippen LogP contribution in [0, 0.1) is 31.3 Å². The number of carbonyl (C=O) groups excluding carboxylic acids is 1. The van der Waals surface area contributed by atoms with Crippen molar-refractivity contribution in [3.05, 3.63) is 95.0 Å². The molecule has 0 spiro atoms. The number of anilines is 5. The molecule has 10 nitrogen and oxygen atoms in total. The molecule has 0 radical (unpaired) electrons. The standard InChI is InChI=1S/C28H26F3N9O/c1-5-18-25(30)19(12-20(29)26(18)31)27(41)35-17-7-6-15(2)21(11-17)36-28-32-8-9-40(28)23-13-22(33-14-34-23)37-24-10-16(3)38-39(24)4/h6-14H,5H2,1-4H3,(H,32,36)(H,35,41)(H,33,34,37). The number of hydrogen-bond donors (Lipinski definition) is 3. The van der Waals surface area contributed by atoms with Crippen LogP contribution in [0.1, 0.15) is 34.1 Å². The van der Waals surface area contributed by atoms with Gasteiger partial charge < -0.3 is 16.0 Å². The lowest BCUT2D eigenvalue weighted by Gasteiger charge is -2.14. The number of hydrogen-bond acceptors (Lipinski definition) is 7. The van der Waals surface area contributed by atoms with E-state index in [4.69, 9.17) is 0 Å². The Morgan fingerprint density at radius 1 is 0.976 bits per heavy atom. The maximum absolute atomic E-state index is 14.7. The molecule has 0 saturated carbocycles. The lowest BCUT2D eigenvalue weighted by Crippen LogP contribution is -2.16. The van der Waals surface area contributed by atoms with E-state index in [2.05, 4.69) is 36.0 Å². The van der Waals surface area contributed by atoms with E-state index in [-0.39, 0.29) is 6.42 Å². The Bertz CT molecular complexity index is 1760. The van der Waals surface area contributed by atoms with Crippen molar-refractivity contribution >= 4 is 34.9 Å². The van der Waals surface area contributed by atoms with Crippen molar-refractivity contribution < 1.29 is 18.0 Å². The van der Waals surface area contributed by atoms with Crippen LogP contribution in [0.4, 0.5) is 42.1 Å². The summed E-state index contributed by atoms with van der Waals surface area (Å²) in [5, 5.41) is 13.3. The van der Waals surface area contributed by atoms with E-state index in [1.807, 2.05) is 27.0 Å². The van der Waals surface area contributed by atoms with E-state index >= 15 is 0 Å². The average molecular weight is 562 g/mol. The van der Waals surface area contributed by atoms with E-state index < -0.39 is 34.5 Å². The fraction of sp³-hybridized carbons (Fsp3) is 0.179. The fourth-order valence-electron chi connectivity index (χ4n) is 4.27. The molecule has 41 heavy (non-hydrogen) atoms. The zero-order chi connectivity index (χ0) is 29.3. The largest absolute Gasteiger partial charge is 0.325 e. The highest BCUT2D eigenvalue weighted by atomic mass is 19.2. The molecule has 0 atom stereocenters. The van der Waals surface area contributed by atoms with Gasteiger partial charge in [-0.05, 0) is 44.0 Å². The van der Waals surface area contributed by atoms with Gasteiger partial charge in [-0.3, -0.25) is 14.0 Å². The molecular formula is C28H26F3N9O. The van der Waals surface area contributed by atoms with Gasteiger partial charge in [0.2, 0.25) is 5.95 Å². The second-order valence-electron chi connectivity index (χ2n) is 9.28. The summed E-state index contributed by atoms with van der Waals surface area (Å²) in [4.78, 5) is 25.8. The molecule has 5 aromatic rings. The minimum absolute atomic E-state index is 0.103. The van der Waals surface area contributed by atoms with Crippen molar-refractivity contribution in [3.63, 3.8) is 0 Å². The van der Waals surface area contributed by atoms with E-state index in [1.165, 1.54) is 13.3 Å². The fourth-order valence-corrected chi connectivity index (χ4v) is 4.27. The van der Waals surface area contributed by atoms with Crippen LogP contribution in [-0.4, -0.2) is 35.2 Å². The zero-order valence-electron chi connectivity index (χ0n) is 22.6. The van der Waals surface area contributed by atoms with Crippen LogP contribution < -0.4 is 16.0 Å². The smallest absolute Gasteiger partial charge is 0.258 e. The summed E-state index contributed by atoms with van der Waals surface area (Å²) in [7, 11) is 1.82. The van der Waals surface area contributed by atoms with Gasteiger partial charge in [-0.2, -0.15) is 5.10 Å². The van der Waals surface area contributed by atoms with Gasteiger partial charge in [0.1, 0.15) is 29.6 Å².